The van der Waals surface area contributed by atoms with Gasteiger partial charge in [0.25, 0.3) is 11.8 Å². The molecule has 354 valence electrons. The van der Waals surface area contributed by atoms with E-state index in [1.54, 1.807) is 54.6 Å². The van der Waals surface area contributed by atoms with Crippen molar-refractivity contribution >= 4 is 79.7 Å². The Morgan fingerprint density at radius 2 is 1.16 bits per heavy atom. The molecule has 0 bridgehead atoms. The molecule has 0 saturated heterocycles. The molecular weight excluding hydrogens is 955 g/mol. The van der Waals surface area contributed by atoms with E-state index in [9.17, 15) is 55.7 Å². The first kappa shape index (κ1) is 50.2. The summed E-state index contributed by atoms with van der Waals surface area (Å²) in [5, 5.41) is 28.2. The quantitative estimate of drug-likeness (QED) is 0.0827. The number of aromatic nitrogens is 4. The lowest BCUT2D eigenvalue weighted by Crippen LogP contribution is -2.13. The van der Waals surface area contributed by atoms with Crippen LogP contribution in [0.4, 0.5) is 37.7 Å². The van der Waals surface area contributed by atoms with Gasteiger partial charge in [-0.1, -0.05) is 56.7 Å². The fourth-order valence-electron chi connectivity index (χ4n) is 5.96. The average molecular weight is 989 g/mol. The highest BCUT2D eigenvalue weighted by Gasteiger charge is 2.35. The Labute approximate surface area is 394 Å². The van der Waals surface area contributed by atoms with Gasteiger partial charge in [-0.2, -0.15) is 31.3 Å². The average Bonchev–Trinajstić information content (AvgIpc) is 4.12. The van der Waals surface area contributed by atoms with Crippen LogP contribution in [0.5, 0.6) is 0 Å². The third-order valence-electron chi connectivity index (χ3n) is 8.91. The zero-order valence-electron chi connectivity index (χ0n) is 35.9. The molecule has 4 N–H and O–H groups in total. The number of alkyl halides is 3. The molecule has 0 fully saturated rings. The molecule has 7 heterocycles. The van der Waals surface area contributed by atoms with E-state index in [0.717, 1.165) is 58.1 Å². The Bertz CT molecular complexity index is 3210. The van der Waals surface area contributed by atoms with Crippen molar-refractivity contribution in [2.75, 3.05) is 10.6 Å². The van der Waals surface area contributed by atoms with E-state index in [1.807, 2.05) is 6.92 Å². The van der Waals surface area contributed by atoms with Crippen LogP contribution in [0.2, 0.25) is 0 Å². The van der Waals surface area contributed by atoms with Crippen molar-refractivity contribution in [1.29, 1.82) is 0 Å². The topological polar surface area (TPSA) is 211 Å². The van der Waals surface area contributed by atoms with Gasteiger partial charge in [-0.25, -0.2) is 24.5 Å². The maximum absolute atomic E-state index is 14.0. The number of aryl methyl sites for hydroxylation is 1. The summed E-state index contributed by atoms with van der Waals surface area (Å²) < 4.78 is 87.9. The van der Waals surface area contributed by atoms with Crippen LogP contribution in [0.1, 0.15) is 73.5 Å². The third kappa shape index (κ3) is 12.4. The molecule has 9 aromatic rings. The fraction of sp³-hybridized carbons (Fsp3) is 0.106. The maximum atomic E-state index is 14.0. The van der Waals surface area contributed by atoms with Crippen molar-refractivity contribution in [2.24, 2.45) is 0 Å². The molecule has 0 aliphatic heterocycles. The second-order valence-corrected chi connectivity index (χ2v) is 15.9. The van der Waals surface area contributed by atoms with Gasteiger partial charge in [0.2, 0.25) is 23.7 Å². The highest BCUT2D eigenvalue weighted by atomic mass is 32.1. The number of rotatable bonds is 8. The zero-order chi connectivity index (χ0) is 50.0. The summed E-state index contributed by atoms with van der Waals surface area (Å²) in [6.07, 6.45) is -0.238. The number of para-hydroxylation sites is 2. The molecule has 9 rings (SSSR count). The number of thiophene rings is 2. The van der Waals surface area contributed by atoms with Crippen molar-refractivity contribution in [1.82, 2.24) is 19.9 Å². The number of anilines is 2. The smallest absolute Gasteiger partial charge is 0.451 e. The van der Waals surface area contributed by atoms with Gasteiger partial charge in [-0.05, 0) is 61.0 Å². The number of aromatic carboxylic acids is 2. The molecule has 69 heavy (non-hydrogen) atoms. The lowest BCUT2D eigenvalue weighted by atomic mass is 10.1. The summed E-state index contributed by atoms with van der Waals surface area (Å²) in [6.45, 7) is 6.07. The van der Waals surface area contributed by atoms with Crippen molar-refractivity contribution in [2.45, 2.75) is 33.4 Å². The molecule has 7 aromatic heterocycles. The van der Waals surface area contributed by atoms with Gasteiger partial charge in [0.15, 0.2) is 11.5 Å². The molecule has 0 aliphatic carbocycles. The first-order valence-corrected chi connectivity index (χ1v) is 21.7. The Hall–Kier alpha value is -8.24. The highest BCUT2D eigenvalue weighted by molar-refractivity contribution is 7.15. The molecule has 0 spiro atoms. The van der Waals surface area contributed by atoms with E-state index >= 15 is 0 Å². The fourth-order valence-corrected chi connectivity index (χ4v) is 7.94. The molecule has 22 heteroatoms. The predicted molar refractivity (Wildman–Crippen MR) is 245 cm³/mol. The van der Waals surface area contributed by atoms with Gasteiger partial charge in [-0.15, -0.1) is 22.7 Å². The number of furan rings is 2. The van der Waals surface area contributed by atoms with Crippen molar-refractivity contribution in [3.05, 3.63) is 166 Å². The number of fused-ring (bicyclic) bond motifs is 2. The molecule has 0 aliphatic rings. The number of carboxylic acid groups (broad SMARTS) is 2. The maximum Gasteiger partial charge on any atom is 0.451 e. The number of carbonyl (C=O) groups is 4. The number of hydrogen-bond donors (Lipinski definition) is 4. The van der Waals surface area contributed by atoms with Crippen LogP contribution >= 0.6 is 22.7 Å². The Kier molecular flexibility index (Phi) is 16.0. The van der Waals surface area contributed by atoms with Gasteiger partial charge >= 0.3 is 18.1 Å². The van der Waals surface area contributed by atoms with Crippen LogP contribution in [-0.4, -0.2) is 53.9 Å². The lowest BCUT2D eigenvalue weighted by Gasteiger charge is -2.06. The van der Waals surface area contributed by atoms with Gasteiger partial charge in [0.1, 0.15) is 22.3 Å². The van der Waals surface area contributed by atoms with Crippen LogP contribution in [0.3, 0.4) is 0 Å². The number of nitrogens with zero attached hydrogens (tertiary/aromatic N) is 4. The first-order valence-electron chi connectivity index (χ1n) is 20.0. The summed E-state index contributed by atoms with van der Waals surface area (Å²) in [5.41, 5.74) is 1.16. The molecule has 0 radical (unpaired) electrons. The number of pyridine rings is 2. The van der Waals surface area contributed by atoms with Crippen LogP contribution in [-0.2, 0) is 6.18 Å². The summed E-state index contributed by atoms with van der Waals surface area (Å²) in [6, 6.07) is 22.2. The molecule has 0 unspecified atom stereocenters. The van der Waals surface area contributed by atoms with E-state index in [4.69, 9.17) is 8.83 Å². The monoisotopic (exact) mass is 988 g/mol. The second-order valence-electron chi connectivity index (χ2n) is 14.2. The largest absolute Gasteiger partial charge is 0.478 e. The van der Waals surface area contributed by atoms with Crippen LogP contribution in [0.25, 0.3) is 42.8 Å². The second kappa shape index (κ2) is 22.0. The van der Waals surface area contributed by atoms with E-state index in [0.29, 0.717) is 16.6 Å². The molecular formula is C47H34F6N6O8S2. The summed E-state index contributed by atoms with van der Waals surface area (Å²) >= 11 is 1.82. The summed E-state index contributed by atoms with van der Waals surface area (Å²) in [4.78, 5) is 61.6. The Morgan fingerprint density at radius 1 is 0.667 bits per heavy atom. The standard InChI is InChI=1S/C19H10F3N3O4S.C19H10F2N2O4S.C6H6FN.C3H8/c20-19(21,22)18-23-6-10(7-24-18)15-14(17(27)28)11(8-30-15)25-16(26)13-5-9-3-1-2-4-12(9)29-13;20-14-6-5-10(17(21)23-14)16-15(19(25)26)11(8-28-16)22-18(24)13-7-9-3-1-2-4-12(9)27-13;1-5-2-3-8-6(7)4-5;1-3-2/h1-8H,(H,25,26)(H,27,28);1-8H,(H,22,24)(H,25,26);2-4H,1H3;3H2,1-2H3. The summed E-state index contributed by atoms with van der Waals surface area (Å²) in [7, 11) is 0. The van der Waals surface area contributed by atoms with Crippen molar-refractivity contribution < 1.29 is 64.6 Å². The highest BCUT2D eigenvalue weighted by Crippen LogP contribution is 2.39. The third-order valence-corrected chi connectivity index (χ3v) is 11.0. The lowest BCUT2D eigenvalue weighted by molar-refractivity contribution is -0.145. The van der Waals surface area contributed by atoms with E-state index in [2.05, 4.69) is 44.4 Å². The number of carboxylic acids is 2. The normalized spacial score (nSPS) is 10.8. The van der Waals surface area contributed by atoms with E-state index < -0.39 is 53.6 Å². The van der Waals surface area contributed by atoms with Gasteiger partial charge in [0.05, 0.1) is 21.1 Å². The zero-order valence-corrected chi connectivity index (χ0v) is 37.5. The number of amides is 2. The number of carbonyl (C=O) groups excluding carboxylic acids is 2. The van der Waals surface area contributed by atoms with Gasteiger partial charge in [-0.3, -0.25) is 9.59 Å². The van der Waals surface area contributed by atoms with Crippen molar-refractivity contribution in [3.63, 3.8) is 0 Å². The van der Waals surface area contributed by atoms with E-state index in [-0.39, 0.29) is 54.9 Å². The number of hydrogen-bond acceptors (Lipinski definition) is 12. The Balaban J connectivity index is 0.000000186. The van der Waals surface area contributed by atoms with E-state index in [1.165, 1.54) is 41.6 Å². The number of nitrogens with one attached hydrogen (secondary N) is 2. The van der Waals surface area contributed by atoms with Gasteiger partial charge in [0, 0.05) is 51.3 Å². The predicted octanol–water partition coefficient (Wildman–Crippen LogP) is 12.7. The minimum atomic E-state index is -4.71. The summed E-state index contributed by atoms with van der Waals surface area (Å²) in [5.74, 6) is -7.98. The minimum Gasteiger partial charge on any atom is -0.478 e. The van der Waals surface area contributed by atoms with Crippen LogP contribution < -0.4 is 10.6 Å². The minimum absolute atomic E-state index is 0.0000758. The number of halogens is 6. The number of benzene rings is 2. The first-order chi connectivity index (χ1) is 32.9. The molecule has 0 saturated carbocycles. The molecule has 14 nitrogen and oxygen atoms in total. The molecule has 2 aromatic carbocycles. The van der Waals surface area contributed by atoms with Crippen molar-refractivity contribution in [3.8, 4) is 20.9 Å². The molecule has 0 atom stereocenters. The Morgan fingerprint density at radius 3 is 1.59 bits per heavy atom. The van der Waals surface area contributed by atoms with Crippen LogP contribution in [0, 0.1) is 24.8 Å². The molecule has 2 amide bonds. The van der Waals surface area contributed by atoms with Gasteiger partial charge < -0.3 is 29.7 Å². The van der Waals surface area contributed by atoms with Crippen LogP contribution in [0.15, 0.2) is 123 Å². The SMILES string of the molecule is CCC.Cc1ccnc(F)c1.O=C(Nc1csc(-c2ccc(F)nc2F)c1C(=O)O)c1cc2ccccc2o1.O=C(Nc1csc(-c2cnc(C(F)(F)F)nc2)c1C(=O)O)c1cc2ccccc2o1.